The number of aromatic nitrogens is 4. The maximum atomic E-state index is 6.12. The molecule has 0 spiro atoms. The highest BCUT2D eigenvalue weighted by Crippen LogP contribution is 2.52. The Morgan fingerprint density at radius 1 is 0.472 bits per heavy atom. The zero-order valence-electron chi connectivity index (χ0n) is 29.2. The van der Waals surface area contributed by atoms with Crippen molar-refractivity contribution in [2.24, 2.45) is 0 Å². The second kappa shape index (κ2) is 11.1. The molecule has 0 bridgehead atoms. The summed E-state index contributed by atoms with van der Waals surface area (Å²) < 4.78 is 8.56. The molecule has 0 radical (unpaired) electrons. The molecule has 0 fully saturated rings. The van der Waals surface area contributed by atoms with Gasteiger partial charge in [0, 0.05) is 54.9 Å². The highest BCUT2D eigenvalue weighted by molar-refractivity contribution is 6.15. The third kappa shape index (κ3) is 4.40. The third-order valence-electron chi connectivity index (χ3n) is 11.1. The summed E-state index contributed by atoms with van der Waals surface area (Å²) in [4.78, 5) is 15.1. The molecule has 0 unspecified atom stereocenters. The summed E-state index contributed by atoms with van der Waals surface area (Å²) >= 11 is 0. The zero-order valence-corrected chi connectivity index (χ0v) is 29.2. The van der Waals surface area contributed by atoms with Crippen LogP contribution in [0.15, 0.2) is 162 Å². The highest BCUT2D eigenvalue weighted by Gasteiger charge is 2.37. The Morgan fingerprint density at radius 2 is 1.09 bits per heavy atom. The highest BCUT2D eigenvalue weighted by atomic mass is 16.3. The normalized spacial score (nSPS) is 13.2. The molecule has 3 heterocycles. The third-order valence-corrected chi connectivity index (χ3v) is 11.1. The Kier molecular flexibility index (Phi) is 6.23. The molecule has 5 heteroatoms. The number of hydrogen-bond donors (Lipinski definition) is 0. The van der Waals surface area contributed by atoms with Crippen molar-refractivity contribution in [1.82, 2.24) is 19.5 Å². The molecule has 1 aliphatic rings. The molecule has 10 aromatic rings. The molecule has 3 aromatic heterocycles. The summed E-state index contributed by atoms with van der Waals surface area (Å²) in [6, 6.07) is 55.3. The Hall–Kier alpha value is -6.85. The molecular formula is C48H32N4O. The van der Waals surface area contributed by atoms with E-state index in [4.69, 9.17) is 19.4 Å². The predicted octanol–water partition coefficient (Wildman–Crippen LogP) is 12.2. The zero-order chi connectivity index (χ0) is 35.3. The average molecular weight is 681 g/mol. The van der Waals surface area contributed by atoms with Gasteiger partial charge in [-0.3, -0.25) is 0 Å². The van der Waals surface area contributed by atoms with E-state index in [9.17, 15) is 0 Å². The monoisotopic (exact) mass is 680 g/mol. The van der Waals surface area contributed by atoms with E-state index < -0.39 is 0 Å². The van der Waals surface area contributed by atoms with Gasteiger partial charge in [0.25, 0.3) is 0 Å². The molecule has 0 amide bonds. The second-order valence-corrected chi connectivity index (χ2v) is 14.4. The van der Waals surface area contributed by atoms with E-state index in [-0.39, 0.29) is 5.41 Å². The van der Waals surface area contributed by atoms with Crippen molar-refractivity contribution in [2.75, 3.05) is 0 Å². The van der Waals surface area contributed by atoms with Crippen molar-refractivity contribution in [3.8, 4) is 51.0 Å². The Balaban J connectivity index is 1.09. The van der Waals surface area contributed by atoms with Crippen molar-refractivity contribution < 1.29 is 4.42 Å². The van der Waals surface area contributed by atoms with Crippen LogP contribution in [0.4, 0.5) is 0 Å². The number of benzene rings is 7. The van der Waals surface area contributed by atoms with Crippen LogP contribution in [-0.4, -0.2) is 19.5 Å². The van der Waals surface area contributed by atoms with Gasteiger partial charge in [-0.25, -0.2) is 15.0 Å². The first kappa shape index (κ1) is 29.8. The fourth-order valence-electron chi connectivity index (χ4n) is 8.49. The first-order chi connectivity index (χ1) is 26.0. The van der Waals surface area contributed by atoms with E-state index in [1.807, 2.05) is 60.7 Å². The molecule has 7 aromatic carbocycles. The molecule has 0 saturated heterocycles. The minimum atomic E-state index is -0.0899. The lowest BCUT2D eigenvalue weighted by Gasteiger charge is -2.21. The quantitative estimate of drug-likeness (QED) is 0.186. The van der Waals surface area contributed by atoms with E-state index in [0.29, 0.717) is 17.5 Å². The van der Waals surface area contributed by atoms with Crippen molar-refractivity contribution in [3.63, 3.8) is 0 Å². The largest absolute Gasteiger partial charge is 0.456 e. The number of para-hydroxylation sites is 2. The summed E-state index contributed by atoms with van der Waals surface area (Å²) in [6.45, 7) is 4.68. The van der Waals surface area contributed by atoms with Gasteiger partial charge in [-0.2, -0.15) is 0 Å². The fraction of sp³-hybridized carbons (Fsp3) is 0.0625. The maximum Gasteiger partial charge on any atom is 0.164 e. The second-order valence-electron chi connectivity index (χ2n) is 14.4. The van der Waals surface area contributed by atoms with Crippen molar-refractivity contribution in [3.05, 3.63) is 169 Å². The smallest absolute Gasteiger partial charge is 0.164 e. The van der Waals surface area contributed by atoms with Gasteiger partial charge in [-0.05, 0) is 71.3 Å². The molecule has 11 rings (SSSR count). The van der Waals surface area contributed by atoms with E-state index >= 15 is 0 Å². The number of furan rings is 1. The topological polar surface area (TPSA) is 56.7 Å². The predicted molar refractivity (Wildman–Crippen MR) is 215 cm³/mol. The molecule has 1 aliphatic carbocycles. The van der Waals surface area contributed by atoms with Gasteiger partial charge in [0.15, 0.2) is 17.5 Å². The summed E-state index contributed by atoms with van der Waals surface area (Å²) in [7, 11) is 0. The van der Waals surface area contributed by atoms with Crippen LogP contribution in [0.3, 0.4) is 0 Å². The molecule has 0 atom stereocenters. The van der Waals surface area contributed by atoms with Gasteiger partial charge >= 0.3 is 0 Å². The van der Waals surface area contributed by atoms with Crippen LogP contribution in [0.1, 0.15) is 25.0 Å². The van der Waals surface area contributed by atoms with E-state index in [1.54, 1.807) is 0 Å². The van der Waals surface area contributed by atoms with Crippen LogP contribution >= 0.6 is 0 Å². The van der Waals surface area contributed by atoms with Gasteiger partial charge < -0.3 is 8.98 Å². The molecule has 5 nitrogen and oxygen atoms in total. The molecule has 53 heavy (non-hydrogen) atoms. The number of fused-ring (bicyclic) bond motifs is 10. The summed E-state index contributed by atoms with van der Waals surface area (Å²) in [5.41, 5.74) is 13.2. The number of nitrogens with zero attached hydrogens (tertiary/aromatic N) is 4. The average Bonchev–Trinajstić information content (AvgIpc) is 3.83. The first-order valence-electron chi connectivity index (χ1n) is 18.0. The minimum absolute atomic E-state index is 0.0899. The van der Waals surface area contributed by atoms with Crippen molar-refractivity contribution >= 4 is 43.7 Å². The molecular weight excluding hydrogens is 649 g/mol. The maximum absolute atomic E-state index is 6.12. The van der Waals surface area contributed by atoms with Crippen LogP contribution in [0, 0.1) is 0 Å². The van der Waals surface area contributed by atoms with Gasteiger partial charge in [-0.15, -0.1) is 0 Å². The SMILES string of the molecule is CC1(C)c2ccccc2-c2c1ccc1c3ccccc3n(-c3ccc(-c4nc(-c5ccccc5)nc(-c5ccc6oc7ccccc7c6c5)n4)cc3)c21. The summed E-state index contributed by atoms with van der Waals surface area (Å²) in [5, 5.41) is 4.61. The Bertz CT molecular complexity index is 3080. The van der Waals surface area contributed by atoms with Crippen LogP contribution in [-0.2, 0) is 5.41 Å². The van der Waals surface area contributed by atoms with E-state index in [2.05, 4.69) is 115 Å². The van der Waals surface area contributed by atoms with Gasteiger partial charge in [0.05, 0.1) is 11.0 Å². The van der Waals surface area contributed by atoms with Gasteiger partial charge in [0.2, 0.25) is 0 Å². The van der Waals surface area contributed by atoms with E-state index in [1.165, 1.54) is 44.1 Å². The summed E-state index contributed by atoms with van der Waals surface area (Å²) in [6.07, 6.45) is 0. The molecule has 0 N–H and O–H groups in total. The van der Waals surface area contributed by atoms with Crippen LogP contribution in [0.25, 0.3) is 94.7 Å². The lowest BCUT2D eigenvalue weighted by atomic mass is 9.82. The lowest BCUT2D eigenvalue weighted by Crippen LogP contribution is -2.14. The van der Waals surface area contributed by atoms with Crippen LogP contribution < -0.4 is 0 Å². The van der Waals surface area contributed by atoms with E-state index in [0.717, 1.165) is 44.3 Å². The van der Waals surface area contributed by atoms with Crippen LogP contribution in [0.5, 0.6) is 0 Å². The first-order valence-corrected chi connectivity index (χ1v) is 18.0. The van der Waals surface area contributed by atoms with Gasteiger partial charge in [0.1, 0.15) is 11.2 Å². The molecule has 250 valence electrons. The fourth-order valence-corrected chi connectivity index (χ4v) is 8.49. The number of hydrogen-bond acceptors (Lipinski definition) is 4. The van der Waals surface area contributed by atoms with Crippen molar-refractivity contribution in [2.45, 2.75) is 19.3 Å². The summed E-state index contributed by atoms with van der Waals surface area (Å²) in [5.74, 6) is 1.87. The van der Waals surface area contributed by atoms with Crippen LogP contribution in [0.2, 0.25) is 0 Å². The minimum Gasteiger partial charge on any atom is -0.456 e. The standard InChI is InChI=1S/C48H32N4O/c1-48(2)38-17-9-6-16-36(38)43-39(48)26-25-35-33-14-7-10-18-40(33)52(44(35)43)32-23-20-30(21-24-32)46-49-45(29-12-4-3-5-13-29)50-47(51-46)31-22-27-42-37(28-31)34-15-8-11-19-41(34)53-42/h3-28H,1-2H3. The molecule has 0 aliphatic heterocycles. The Morgan fingerprint density at radius 3 is 1.91 bits per heavy atom. The van der Waals surface area contributed by atoms with Crippen molar-refractivity contribution in [1.29, 1.82) is 0 Å². The number of rotatable bonds is 4. The van der Waals surface area contributed by atoms with Gasteiger partial charge in [-0.1, -0.05) is 117 Å². The Labute approximate surface area is 305 Å². The molecule has 0 saturated carbocycles. The lowest BCUT2D eigenvalue weighted by molar-refractivity contribution is 0.661.